The van der Waals surface area contributed by atoms with Crippen LogP contribution in [-0.2, 0) is 16.1 Å². The topological polar surface area (TPSA) is 111 Å². The number of benzene rings is 3. The number of hydrogen-bond donors (Lipinski definition) is 0. The molecule has 1 aliphatic heterocycles. The first-order chi connectivity index (χ1) is 18.2. The molecule has 0 bridgehead atoms. The summed E-state index contributed by atoms with van der Waals surface area (Å²) in [4.78, 5) is 41.6. The van der Waals surface area contributed by atoms with Gasteiger partial charge in [-0.05, 0) is 72.3 Å². The molecule has 0 radical (unpaired) electrons. The van der Waals surface area contributed by atoms with Crippen LogP contribution in [0.4, 0.5) is 11.4 Å². The van der Waals surface area contributed by atoms with E-state index >= 15 is 0 Å². The summed E-state index contributed by atoms with van der Waals surface area (Å²) < 4.78 is 10.7. The van der Waals surface area contributed by atoms with Crippen LogP contribution < -0.4 is 4.74 Å². The van der Waals surface area contributed by atoms with E-state index in [2.05, 4.69) is 4.99 Å². The third-order valence-electron chi connectivity index (χ3n) is 5.38. The number of nitro benzene ring substituents is 1. The van der Waals surface area contributed by atoms with Crippen molar-refractivity contribution in [2.24, 2.45) is 4.99 Å². The summed E-state index contributed by atoms with van der Waals surface area (Å²) >= 11 is 7.62. The number of hydrogen-bond acceptors (Lipinski definition) is 8. The standard InChI is InChI=1S/C27H22ClN3O6S/c1-3-36-26(33)19-8-10-20(11-9-19)29-27-30(2)25(32)24(38-27)15-17-7-12-23(22(28)14-17)37-16-18-5-4-6-21(13-18)31(34)35/h4-15H,3,16H2,1-2H3. The number of non-ortho nitro benzene ring substituents is 1. The van der Waals surface area contributed by atoms with Gasteiger partial charge in [-0.3, -0.25) is 19.8 Å². The molecule has 1 aliphatic rings. The van der Waals surface area contributed by atoms with Crippen LogP contribution in [0.2, 0.25) is 5.02 Å². The van der Waals surface area contributed by atoms with Crippen molar-refractivity contribution in [3.8, 4) is 5.75 Å². The average molecular weight is 552 g/mol. The Kier molecular flexibility index (Phi) is 8.45. The first kappa shape index (κ1) is 26.9. The Hall–Kier alpha value is -4.15. The fraction of sp³-hybridized carbons (Fsp3) is 0.148. The number of nitro groups is 1. The highest BCUT2D eigenvalue weighted by Crippen LogP contribution is 2.34. The molecule has 3 aromatic rings. The smallest absolute Gasteiger partial charge is 0.338 e. The number of carbonyl (C=O) groups excluding carboxylic acids is 2. The summed E-state index contributed by atoms with van der Waals surface area (Å²) in [5, 5.41) is 11.8. The van der Waals surface area contributed by atoms with Gasteiger partial charge in [0.05, 0.1) is 32.7 Å². The highest BCUT2D eigenvalue weighted by molar-refractivity contribution is 8.18. The van der Waals surface area contributed by atoms with Crippen LogP contribution in [0.25, 0.3) is 6.08 Å². The Balaban J connectivity index is 1.45. The van der Waals surface area contributed by atoms with Crippen molar-refractivity contribution in [1.29, 1.82) is 0 Å². The maximum Gasteiger partial charge on any atom is 0.338 e. The van der Waals surface area contributed by atoms with Gasteiger partial charge >= 0.3 is 5.97 Å². The second-order valence-corrected chi connectivity index (χ2v) is 9.46. The SMILES string of the molecule is CCOC(=O)c1ccc(N=C2SC(=Cc3ccc(OCc4cccc([N+](=O)[O-])c4)c(Cl)c3)C(=O)N2C)cc1. The molecule has 0 N–H and O–H groups in total. The highest BCUT2D eigenvalue weighted by atomic mass is 35.5. The Labute approximate surface area is 227 Å². The van der Waals surface area contributed by atoms with Gasteiger partial charge in [-0.15, -0.1) is 0 Å². The van der Waals surface area contributed by atoms with E-state index in [0.717, 1.165) is 0 Å². The van der Waals surface area contributed by atoms with Gasteiger partial charge in [-0.2, -0.15) is 0 Å². The fourth-order valence-electron chi connectivity index (χ4n) is 3.44. The van der Waals surface area contributed by atoms with Gasteiger partial charge in [0, 0.05) is 19.2 Å². The molecule has 194 valence electrons. The summed E-state index contributed by atoms with van der Waals surface area (Å²) in [7, 11) is 1.64. The zero-order valence-electron chi connectivity index (χ0n) is 20.4. The second kappa shape index (κ2) is 11.9. The summed E-state index contributed by atoms with van der Waals surface area (Å²) in [6, 6.07) is 17.9. The minimum Gasteiger partial charge on any atom is -0.487 e. The molecular weight excluding hydrogens is 530 g/mol. The van der Waals surface area contributed by atoms with Crippen LogP contribution in [0.1, 0.15) is 28.4 Å². The first-order valence-electron chi connectivity index (χ1n) is 11.4. The third kappa shape index (κ3) is 6.39. The predicted molar refractivity (Wildman–Crippen MR) is 147 cm³/mol. The lowest BCUT2D eigenvalue weighted by Gasteiger charge is -2.09. The van der Waals surface area contributed by atoms with E-state index in [0.29, 0.717) is 49.8 Å². The van der Waals surface area contributed by atoms with Crippen molar-refractivity contribution in [2.45, 2.75) is 13.5 Å². The van der Waals surface area contributed by atoms with E-state index in [4.69, 9.17) is 21.1 Å². The van der Waals surface area contributed by atoms with Gasteiger partial charge in [-0.25, -0.2) is 9.79 Å². The molecule has 4 rings (SSSR count). The molecule has 1 heterocycles. The number of rotatable bonds is 8. The highest BCUT2D eigenvalue weighted by Gasteiger charge is 2.30. The maximum atomic E-state index is 12.8. The van der Waals surface area contributed by atoms with Crippen LogP contribution in [0, 0.1) is 10.1 Å². The second-order valence-electron chi connectivity index (χ2n) is 8.04. The normalized spacial score (nSPS) is 15.2. The van der Waals surface area contributed by atoms with Gasteiger partial charge < -0.3 is 9.47 Å². The largest absolute Gasteiger partial charge is 0.487 e. The van der Waals surface area contributed by atoms with E-state index in [9.17, 15) is 19.7 Å². The Bertz CT molecular complexity index is 1460. The van der Waals surface area contributed by atoms with Gasteiger partial charge in [0.1, 0.15) is 12.4 Å². The molecular formula is C27H22ClN3O6S. The monoisotopic (exact) mass is 551 g/mol. The van der Waals surface area contributed by atoms with Crippen LogP contribution in [0.15, 0.2) is 76.6 Å². The van der Waals surface area contributed by atoms with E-state index in [1.807, 2.05) is 0 Å². The Morgan fingerprint density at radius 3 is 2.61 bits per heavy atom. The van der Waals surface area contributed by atoms with Crippen LogP contribution in [0.5, 0.6) is 5.75 Å². The number of nitrogens with zero attached hydrogens (tertiary/aromatic N) is 3. The Morgan fingerprint density at radius 2 is 1.92 bits per heavy atom. The molecule has 9 nitrogen and oxygen atoms in total. The number of thioether (sulfide) groups is 1. The van der Waals surface area contributed by atoms with Crippen molar-refractivity contribution in [3.63, 3.8) is 0 Å². The predicted octanol–water partition coefficient (Wildman–Crippen LogP) is 6.24. The number of halogens is 1. The first-order valence-corrected chi connectivity index (χ1v) is 12.6. The summed E-state index contributed by atoms with van der Waals surface area (Å²) in [5.41, 5.74) is 2.34. The van der Waals surface area contributed by atoms with Crippen molar-refractivity contribution in [2.75, 3.05) is 13.7 Å². The molecule has 3 aromatic carbocycles. The van der Waals surface area contributed by atoms with Gasteiger partial charge in [-0.1, -0.05) is 29.8 Å². The van der Waals surface area contributed by atoms with E-state index in [1.54, 1.807) is 74.6 Å². The van der Waals surface area contributed by atoms with Crippen LogP contribution in [0.3, 0.4) is 0 Å². The zero-order chi connectivity index (χ0) is 27.2. The molecule has 11 heteroatoms. The molecule has 38 heavy (non-hydrogen) atoms. The molecule has 1 saturated heterocycles. The fourth-order valence-corrected chi connectivity index (χ4v) is 4.68. The molecule has 1 amide bonds. The zero-order valence-corrected chi connectivity index (χ0v) is 22.0. The Morgan fingerprint density at radius 1 is 1.16 bits per heavy atom. The van der Waals surface area contributed by atoms with Crippen molar-refractivity contribution in [1.82, 2.24) is 4.90 Å². The molecule has 0 spiro atoms. The lowest BCUT2D eigenvalue weighted by atomic mass is 10.2. The lowest BCUT2D eigenvalue weighted by molar-refractivity contribution is -0.384. The number of aliphatic imine (C=N–C) groups is 1. The van der Waals surface area contributed by atoms with E-state index in [-0.39, 0.29) is 18.2 Å². The summed E-state index contributed by atoms with van der Waals surface area (Å²) in [6.07, 6.45) is 1.71. The molecule has 0 saturated carbocycles. The average Bonchev–Trinajstić information content (AvgIpc) is 3.16. The molecule has 0 aromatic heterocycles. The number of likely N-dealkylation sites (N-methyl/N-ethyl adjacent to an activating group) is 1. The van der Waals surface area contributed by atoms with Crippen molar-refractivity contribution >= 4 is 57.9 Å². The lowest BCUT2D eigenvalue weighted by Crippen LogP contribution is -2.23. The third-order valence-corrected chi connectivity index (χ3v) is 6.73. The van der Waals surface area contributed by atoms with Gasteiger partial charge in [0.15, 0.2) is 5.17 Å². The molecule has 0 atom stereocenters. The summed E-state index contributed by atoms with van der Waals surface area (Å²) in [5.74, 6) is -0.200. The van der Waals surface area contributed by atoms with Crippen LogP contribution >= 0.6 is 23.4 Å². The molecule has 1 fully saturated rings. The maximum absolute atomic E-state index is 12.8. The van der Waals surface area contributed by atoms with E-state index < -0.39 is 10.9 Å². The van der Waals surface area contributed by atoms with Gasteiger partial charge in [0.2, 0.25) is 0 Å². The van der Waals surface area contributed by atoms with E-state index in [1.165, 1.54) is 28.8 Å². The minimum absolute atomic E-state index is 0.0144. The van der Waals surface area contributed by atoms with Crippen molar-refractivity contribution < 1.29 is 24.0 Å². The van der Waals surface area contributed by atoms with Crippen LogP contribution in [-0.4, -0.2) is 40.5 Å². The summed E-state index contributed by atoms with van der Waals surface area (Å²) in [6.45, 7) is 2.15. The minimum atomic E-state index is -0.462. The number of amidine groups is 1. The van der Waals surface area contributed by atoms with Crippen molar-refractivity contribution in [3.05, 3.63) is 103 Å². The number of carbonyl (C=O) groups is 2. The molecule has 0 aliphatic carbocycles. The van der Waals surface area contributed by atoms with Gasteiger partial charge in [0.25, 0.3) is 11.6 Å². The number of ether oxygens (including phenoxy) is 2. The number of esters is 1. The number of amides is 1. The molecule has 0 unspecified atom stereocenters. The quantitative estimate of drug-likeness (QED) is 0.141.